The van der Waals surface area contributed by atoms with Crippen LogP contribution in [-0.4, -0.2) is 17.9 Å². The highest BCUT2D eigenvalue weighted by Crippen LogP contribution is 2.39. The van der Waals surface area contributed by atoms with E-state index in [1.54, 1.807) is 18.2 Å². The van der Waals surface area contributed by atoms with Crippen molar-refractivity contribution >= 4 is 46.9 Å². The third kappa shape index (κ3) is 5.61. The highest BCUT2D eigenvalue weighted by molar-refractivity contribution is 8.04. The van der Waals surface area contributed by atoms with Crippen molar-refractivity contribution in [2.75, 3.05) is 5.32 Å². The van der Waals surface area contributed by atoms with E-state index in [9.17, 15) is 9.59 Å². The number of hydrogen-bond donors (Lipinski definition) is 2. The van der Waals surface area contributed by atoms with Gasteiger partial charge in [0.2, 0.25) is 0 Å². The standard InChI is InChI=1S/C26H23ClN2O2S/c1-17(10-11-18-6-3-2-4-7-18)28-25(30)20-12-13-23-22(16-20)29-26(31)24(32-23)15-19-8-5-9-21(27)14-19/h2-9,12-17H,10-11H2,1H3,(H,28,30)(H,29,31). The monoisotopic (exact) mass is 462 g/mol. The first-order valence-electron chi connectivity index (χ1n) is 10.4. The molecule has 1 heterocycles. The van der Waals surface area contributed by atoms with E-state index in [0.29, 0.717) is 21.2 Å². The molecule has 0 spiro atoms. The molecule has 0 radical (unpaired) electrons. The fourth-order valence-electron chi connectivity index (χ4n) is 3.46. The molecule has 1 atom stereocenters. The predicted octanol–water partition coefficient (Wildman–Crippen LogP) is 6.18. The Kier molecular flexibility index (Phi) is 6.98. The maximum absolute atomic E-state index is 12.7. The fourth-order valence-corrected chi connectivity index (χ4v) is 4.59. The van der Waals surface area contributed by atoms with Crippen molar-refractivity contribution in [3.05, 3.63) is 99.4 Å². The molecule has 1 unspecified atom stereocenters. The van der Waals surface area contributed by atoms with Crippen LogP contribution in [-0.2, 0) is 11.2 Å². The number of benzene rings is 3. The van der Waals surface area contributed by atoms with Crippen molar-refractivity contribution in [3.8, 4) is 0 Å². The zero-order valence-electron chi connectivity index (χ0n) is 17.6. The Balaban J connectivity index is 1.41. The first kappa shape index (κ1) is 22.2. The first-order valence-corrected chi connectivity index (χ1v) is 11.6. The number of thioether (sulfide) groups is 1. The van der Waals surface area contributed by atoms with Gasteiger partial charge in [0.05, 0.1) is 10.6 Å². The van der Waals surface area contributed by atoms with Crippen molar-refractivity contribution in [3.63, 3.8) is 0 Å². The fraction of sp³-hybridized carbons (Fsp3) is 0.154. The molecule has 2 amide bonds. The van der Waals surface area contributed by atoms with Crippen molar-refractivity contribution < 1.29 is 9.59 Å². The summed E-state index contributed by atoms with van der Waals surface area (Å²) in [5, 5.41) is 6.57. The Hall–Kier alpha value is -3.02. The molecular formula is C26H23ClN2O2S. The van der Waals surface area contributed by atoms with Gasteiger partial charge in [-0.1, -0.05) is 65.8 Å². The lowest BCUT2D eigenvalue weighted by Crippen LogP contribution is -2.33. The van der Waals surface area contributed by atoms with Crippen molar-refractivity contribution in [2.24, 2.45) is 0 Å². The lowest BCUT2D eigenvalue weighted by molar-refractivity contribution is -0.112. The molecule has 0 bridgehead atoms. The smallest absolute Gasteiger partial charge is 0.262 e. The van der Waals surface area contributed by atoms with Crippen LogP contribution in [0.1, 0.15) is 34.8 Å². The van der Waals surface area contributed by atoms with Gasteiger partial charge in [-0.15, -0.1) is 0 Å². The maximum Gasteiger partial charge on any atom is 0.262 e. The molecule has 162 valence electrons. The van der Waals surface area contributed by atoms with Crippen molar-refractivity contribution in [1.29, 1.82) is 0 Å². The number of hydrogen-bond acceptors (Lipinski definition) is 3. The van der Waals surface area contributed by atoms with E-state index in [1.165, 1.54) is 17.3 Å². The van der Waals surface area contributed by atoms with Gasteiger partial charge in [0.1, 0.15) is 0 Å². The van der Waals surface area contributed by atoms with Crippen LogP contribution in [0.5, 0.6) is 0 Å². The Morgan fingerprint density at radius 3 is 2.69 bits per heavy atom. The van der Waals surface area contributed by atoms with Gasteiger partial charge in [-0.05, 0) is 67.3 Å². The molecule has 4 nitrogen and oxygen atoms in total. The summed E-state index contributed by atoms with van der Waals surface area (Å²) in [6.07, 6.45) is 3.57. The van der Waals surface area contributed by atoms with E-state index in [0.717, 1.165) is 23.3 Å². The molecule has 3 aromatic carbocycles. The molecule has 0 aromatic heterocycles. The Morgan fingerprint density at radius 1 is 1.09 bits per heavy atom. The van der Waals surface area contributed by atoms with E-state index < -0.39 is 0 Å². The summed E-state index contributed by atoms with van der Waals surface area (Å²) in [4.78, 5) is 26.8. The van der Waals surface area contributed by atoms with Gasteiger partial charge in [0, 0.05) is 21.5 Å². The Labute approximate surface area is 197 Å². The van der Waals surface area contributed by atoms with E-state index in [1.807, 2.05) is 55.5 Å². The van der Waals surface area contributed by atoms with Crippen molar-refractivity contribution in [2.45, 2.75) is 30.7 Å². The van der Waals surface area contributed by atoms with Crippen LogP contribution in [0.3, 0.4) is 0 Å². The summed E-state index contributed by atoms with van der Waals surface area (Å²) < 4.78 is 0. The normalized spacial score (nSPS) is 15.1. The minimum Gasteiger partial charge on any atom is -0.350 e. The summed E-state index contributed by atoms with van der Waals surface area (Å²) in [7, 11) is 0. The summed E-state index contributed by atoms with van der Waals surface area (Å²) in [6, 6.07) is 23.0. The van der Waals surface area contributed by atoms with Crippen LogP contribution in [0.15, 0.2) is 82.6 Å². The molecule has 0 aliphatic carbocycles. The number of carbonyl (C=O) groups is 2. The lowest BCUT2D eigenvalue weighted by Gasteiger charge is -2.20. The predicted molar refractivity (Wildman–Crippen MR) is 132 cm³/mol. The number of carbonyl (C=O) groups excluding carboxylic acids is 2. The lowest BCUT2D eigenvalue weighted by atomic mass is 10.1. The number of rotatable bonds is 6. The number of amides is 2. The largest absolute Gasteiger partial charge is 0.350 e. The highest BCUT2D eigenvalue weighted by Gasteiger charge is 2.22. The summed E-state index contributed by atoms with van der Waals surface area (Å²) in [5.41, 5.74) is 3.29. The molecule has 2 N–H and O–H groups in total. The summed E-state index contributed by atoms with van der Waals surface area (Å²) in [6.45, 7) is 2.00. The van der Waals surface area contributed by atoms with Gasteiger partial charge in [-0.25, -0.2) is 0 Å². The number of halogens is 1. The average molecular weight is 463 g/mol. The van der Waals surface area contributed by atoms with Gasteiger partial charge < -0.3 is 10.6 Å². The van der Waals surface area contributed by atoms with Gasteiger partial charge in [-0.2, -0.15) is 0 Å². The number of anilines is 1. The second-order valence-corrected chi connectivity index (χ2v) is 9.25. The molecule has 6 heteroatoms. The van der Waals surface area contributed by atoms with E-state index in [2.05, 4.69) is 22.8 Å². The molecule has 32 heavy (non-hydrogen) atoms. The van der Waals surface area contributed by atoms with Crippen LogP contribution < -0.4 is 10.6 Å². The van der Waals surface area contributed by atoms with Gasteiger partial charge in [0.15, 0.2) is 0 Å². The molecule has 0 saturated carbocycles. The quantitative estimate of drug-likeness (QED) is 0.430. The molecule has 1 aliphatic heterocycles. The van der Waals surface area contributed by atoms with E-state index in [-0.39, 0.29) is 17.9 Å². The molecule has 0 saturated heterocycles. The van der Waals surface area contributed by atoms with Crippen LogP contribution in [0.2, 0.25) is 5.02 Å². The molecule has 1 aliphatic rings. The van der Waals surface area contributed by atoms with E-state index >= 15 is 0 Å². The van der Waals surface area contributed by atoms with Crippen LogP contribution in [0, 0.1) is 0 Å². The third-order valence-electron chi connectivity index (χ3n) is 5.17. The summed E-state index contributed by atoms with van der Waals surface area (Å²) >= 11 is 7.42. The second kappa shape index (κ2) is 10.1. The SMILES string of the molecule is CC(CCc1ccccc1)NC(=O)c1ccc2c(c1)NC(=O)C(=Cc1cccc(Cl)c1)S2. The highest BCUT2D eigenvalue weighted by atomic mass is 35.5. The van der Waals surface area contributed by atoms with Crippen LogP contribution >= 0.6 is 23.4 Å². The Morgan fingerprint density at radius 2 is 1.91 bits per heavy atom. The first-order chi connectivity index (χ1) is 15.5. The average Bonchev–Trinajstić information content (AvgIpc) is 2.78. The van der Waals surface area contributed by atoms with Gasteiger partial charge in [0.25, 0.3) is 11.8 Å². The zero-order valence-corrected chi connectivity index (χ0v) is 19.2. The molecule has 0 fully saturated rings. The second-order valence-electron chi connectivity index (χ2n) is 7.73. The van der Waals surface area contributed by atoms with Crippen LogP contribution in [0.25, 0.3) is 6.08 Å². The van der Waals surface area contributed by atoms with Crippen LogP contribution in [0.4, 0.5) is 5.69 Å². The zero-order chi connectivity index (χ0) is 22.5. The topological polar surface area (TPSA) is 58.2 Å². The minimum absolute atomic E-state index is 0.0370. The number of aryl methyl sites for hydroxylation is 1. The molecule has 4 rings (SSSR count). The maximum atomic E-state index is 12.7. The molecule has 3 aromatic rings. The van der Waals surface area contributed by atoms with Gasteiger partial charge in [-0.3, -0.25) is 9.59 Å². The number of fused-ring (bicyclic) bond motifs is 1. The van der Waals surface area contributed by atoms with Gasteiger partial charge >= 0.3 is 0 Å². The Bertz CT molecular complexity index is 1180. The summed E-state index contributed by atoms with van der Waals surface area (Å²) in [5.74, 6) is -0.343. The molecular weight excluding hydrogens is 440 g/mol. The minimum atomic E-state index is -0.198. The number of nitrogens with one attached hydrogen (secondary N) is 2. The third-order valence-corrected chi connectivity index (χ3v) is 6.50. The van der Waals surface area contributed by atoms with Crippen molar-refractivity contribution in [1.82, 2.24) is 5.32 Å². The van der Waals surface area contributed by atoms with E-state index in [4.69, 9.17) is 11.6 Å².